The van der Waals surface area contributed by atoms with Crippen molar-refractivity contribution in [3.63, 3.8) is 0 Å². The summed E-state index contributed by atoms with van der Waals surface area (Å²) in [5.74, 6) is 1.10. The van der Waals surface area contributed by atoms with E-state index < -0.39 is 0 Å². The smallest absolute Gasteiger partial charge is 0.153 e. The molecule has 0 amide bonds. The first-order valence-corrected chi connectivity index (χ1v) is 7.97. The van der Waals surface area contributed by atoms with E-state index in [4.69, 9.17) is 0 Å². The van der Waals surface area contributed by atoms with Gasteiger partial charge in [-0.15, -0.1) is 0 Å². The van der Waals surface area contributed by atoms with E-state index in [1.54, 1.807) is 0 Å². The Kier molecular flexibility index (Phi) is 5.23. The Morgan fingerprint density at radius 3 is 3.12 bits per heavy atom. The largest absolute Gasteiger partial charge is 0.304 e. The summed E-state index contributed by atoms with van der Waals surface area (Å²) in [6.07, 6.45) is 10.1. The van der Waals surface area contributed by atoms with Gasteiger partial charge in [-0.25, -0.2) is 0 Å². The number of carbonyl (C=O) groups excluding carboxylic acids is 1. The fourth-order valence-electron chi connectivity index (χ4n) is 2.99. The Morgan fingerprint density at radius 1 is 1.41 bits per heavy atom. The van der Waals surface area contributed by atoms with Gasteiger partial charge in [-0.2, -0.15) is 0 Å². The van der Waals surface area contributed by atoms with E-state index in [2.05, 4.69) is 27.3 Å². The highest BCUT2D eigenvalue weighted by Crippen LogP contribution is 2.33. The summed E-state index contributed by atoms with van der Waals surface area (Å²) >= 11 is 3.41. The number of ketones is 1. The number of hydrogen-bond acceptors (Lipinski definition) is 2. The standard InChI is InChI=1S/C14H22BrNO/c15-9-4-3-7-13(17)14-12-6-2-1-5-11(12)8-10-16-14/h6,11,14,16H,1-5,7-10H2. The van der Waals surface area contributed by atoms with Crippen LogP contribution in [0, 0.1) is 5.92 Å². The molecule has 3 heteroatoms. The zero-order valence-electron chi connectivity index (χ0n) is 10.4. The lowest BCUT2D eigenvalue weighted by atomic mass is 9.77. The van der Waals surface area contributed by atoms with Gasteiger partial charge < -0.3 is 5.32 Å². The highest BCUT2D eigenvalue weighted by Gasteiger charge is 2.32. The average molecular weight is 300 g/mol. The molecule has 1 heterocycles. The van der Waals surface area contributed by atoms with Crippen LogP contribution in [-0.4, -0.2) is 23.7 Å². The molecule has 0 bridgehead atoms. The van der Waals surface area contributed by atoms with E-state index in [-0.39, 0.29) is 6.04 Å². The minimum Gasteiger partial charge on any atom is -0.304 e. The quantitative estimate of drug-likeness (QED) is 0.480. The number of fused-ring (bicyclic) bond motifs is 1. The summed E-state index contributed by atoms with van der Waals surface area (Å²) in [6.45, 7) is 1.01. The maximum absolute atomic E-state index is 12.2. The fourth-order valence-corrected chi connectivity index (χ4v) is 3.38. The van der Waals surface area contributed by atoms with Gasteiger partial charge in [-0.05, 0) is 56.6 Å². The van der Waals surface area contributed by atoms with E-state index in [1.807, 2.05) is 0 Å². The fraction of sp³-hybridized carbons (Fsp3) is 0.786. The molecule has 1 N–H and O–H groups in total. The van der Waals surface area contributed by atoms with Crippen LogP contribution in [0.5, 0.6) is 0 Å². The molecule has 1 aliphatic carbocycles. The van der Waals surface area contributed by atoms with Crippen LogP contribution in [0.1, 0.15) is 44.9 Å². The van der Waals surface area contributed by atoms with Gasteiger partial charge in [0.1, 0.15) is 0 Å². The Morgan fingerprint density at radius 2 is 2.29 bits per heavy atom. The van der Waals surface area contributed by atoms with Gasteiger partial charge in [-0.3, -0.25) is 4.79 Å². The van der Waals surface area contributed by atoms with Gasteiger partial charge in [0.25, 0.3) is 0 Å². The van der Waals surface area contributed by atoms with E-state index in [0.29, 0.717) is 11.7 Å². The van der Waals surface area contributed by atoms with Crippen molar-refractivity contribution in [3.8, 4) is 0 Å². The number of unbranched alkanes of at least 4 members (excludes halogenated alkanes) is 1. The second-order valence-electron chi connectivity index (χ2n) is 5.12. The number of nitrogens with one attached hydrogen (secondary N) is 1. The number of allylic oxidation sites excluding steroid dienone is 1. The Hall–Kier alpha value is -0.150. The van der Waals surface area contributed by atoms with Crippen LogP contribution in [0.3, 0.4) is 0 Å². The zero-order valence-corrected chi connectivity index (χ0v) is 12.0. The SMILES string of the molecule is O=C(CCCCBr)C1NCCC2CCCC=C21. The predicted molar refractivity (Wildman–Crippen MR) is 74.5 cm³/mol. The highest BCUT2D eigenvalue weighted by molar-refractivity contribution is 9.09. The van der Waals surface area contributed by atoms with E-state index in [0.717, 1.165) is 31.1 Å². The maximum Gasteiger partial charge on any atom is 0.153 e. The Balaban J connectivity index is 1.94. The van der Waals surface area contributed by atoms with Crippen LogP contribution < -0.4 is 5.32 Å². The summed E-state index contributed by atoms with van der Waals surface area (Å²) in [5, 5.41) is 4.42. The topological polar surface area (TPSA) is 29.1 Å². The molecule has 1 aliphatic heterocycles. The van der Waals surface area contributed by atoms with Gasteiger partial charge in [-0.1, -0.05) is 22.0 Å². The van der Waals surface area contributed by atoms with E-state index in [1.165, 1.54) is 31.3 Å². The van der Waals surface area contributed by atoms with Crippen LogP contribution in [0.25, 0.3) is 0 Å². The molecular formula is C14H22BrNO. The molecule has 0 aromatic heterocycles. The lowest BCUT2D eigenvalue weighted by Gasteiger charge is -2.35. The first-order chi connectivity index (χ1) is 8.33. The molecule has 17 heavy (non-hydrogen) atoms. The lowest BCUT2D eigenvalue weighted by Crippen LogP contribution is -2.46. The normalized spacial score (nSPS) is 28.4. The maximum atomic E-state index is 12.2. The molecule has 0 spiro atoms. The number of rotatable bonds is 5. The number of halogens is 1. The third kappa shape index (κ3) is 3.41. The van der Waals surface area contributed by atoms with Gasteiger partial charge >= 0.3 is 0 Å². The molecule has 0 radical (unpaired) electrons. The molecule has 96 valence electrons. The average Bonchev–Trinajstić information content (AvgIpc) is 2.38. The highest BCUT2D eigenvalue weighted by atomic mass is 79.9. The van der Waals surface area contributed by atoms with Crippen molar-refractivity contribution in [3.05, 3.63) is 11.6 Å². The third-order valence-electron chi connectivity index (χ3n) is 3.91. The minimum absolute atomic E-state index is 0.0457. The molecular weight excluding hydrogens is 278 g/mol. The van der Waals surface area contributed by atoms with Crippen molar-refractivity contribution in [2.75, 3.05) is 11.9 Å². The minimum atomic E-state index is 0.0457. The second-order valence-corrected chi connectivity index (χ2v) is 5.91. The molecule has 2 unspecified atom stereocenters. The van der Waals surface area contributed by atoms with Crippen LogP contribution in [0.4, 0.5) is 0 Å². The molecule has 0 aromatic carbocycles. The van der Waals surface area contributed by atoms with Gasteiger partial charge in [0, 0.05) is 11.8 Å². The van der Waals surface area contributed by atoms with Crippen molar-refractivity contribution in [1.82, 2.24) is 5.32 Å². The summed E-state index contributed by atoms with van der Waals surface area (Å²) in [7, 11) is 0. The summed E-state index contributed by atoms with van der Waals surface area (Å²) in [4.78, 5) is 12.2. The van der Waals surface area contributed by atoms with Gasteiger partial charge in [0.05, 0.1) is 6.04 Å². The zero-order chi connectivity index (χ0) is 12.1. The molecule has 0 aromatic rings. The van der Waals surface area contributed by atoms with Crippen molar-refractivity contribution >= 4 is 21.7 Å². The molecule has 1 fully saturated rings. The van der Waals surface area contributed by atoms with Crippen molar-refractivity contribution in [2.45, 2.75) is 51.0 Å². The first-order valence-electron chi connectivity index (χ1n) is 6.85. The van der Waals surface area contributed by atoms with E-state index in [9.17, 15) is 4.79 Å². The predicted octanol–water partition coefficient (Wildman–Crippen LogP) is 3.21. The number of piperidine rings is 1. The molecule has 2 rings (SSSR count). The van der Waals surface area contributed by atoms with Gasteiger partial charge in [0.15, 0.2) is 5.78 Å². The Bertz CT molecular complexity index is 301. The summed E-state index contributed by atoms with van der Waals surface area (Å²) < 4.78 is 0. The van der Waals surface area contributed by atoms with Crippen LogP contribution in [-0.2, 0) is 4.79 Å². The number of alkyl halides is 1. The monoisotopic (exact) mass is 299 g/mol. The number of hydrogen-bond donors (Lipinski definition) is 1. The summed E-state index contributed by atoms with van der Waals surface area (Å²) in [6, 6.07) is 0.0457. The van der Waals surface area contributed by atoms with E-state index >= 15 is 0 Å². The molecule has 2 atom stereocenters. The van der Waals surface area contributed by atoms with Gasteiger partial charge in [0.2, 0.25) is 0 Å². The van der Waals surface area contributed by atoms with Crippen LogP contribution in [0.15, 0.2) is 11.6 Å². The molecule has 2 aliphatic rings. The number of Topliss-reactive ketones (excluding diaryl/α,β-unsaturated/α-hetero) is 1. The lowest BCUT2D eigenvalue weighted by molar-refractivity contribution is -0.120. The second kappa shape index (κ2) is 6.69. The molecule has 0 saturated carbocycles. The summed E-state index contributed by atoms with van der Waals surface area (Å²) in [5.41, 5.74) is 1.41. The molecule has 2 nitrogen and oxygen atoms in total. The Labute approximate surface area is 112 Å². The van der Waals surface area contributed by atoms with Crippen LogP contribution >= 0.6 is 15.9 Å². The first kappa shape index (κ1) is 13.3. The number of carbonyl (C=O) groups is 1. The van der Waals surface area contributed by atoms with Crippen molar-refractivity contribution in [2.24, 2.45) is 5.92 Å². The van der Waals surface area contributed by atoms with Crippen molar-refractivity contribution < 1.29 is 4.79 Å². The van der Waals surface area contributed by atoms with Crippen LogP contribution in [0.2, 0.25) is 0 Å². The molecule has 1 saturated heterocycles. The third-order valence-corrected chi connectivity index (χ3v) is 4.47. The van der Waals surface area contributed by atoms with Crippen molar-refractivity contribution in [1.29, 1.82) is 0 Å².